The van der Waals surface area contributed by atoms with E-state index < -0.39 is 0 Å². The van der Waals surface area contributed by atoms with Crippen molar-refractivity contribution >= 4 is 5.82 Å². The lowest BCUT2D eigenvalue weighted by atomic mass is 10.0. The van der Waals surface area contributed by atoms with Gasteiger partial charge in [0.25, 0.3) is 0 Å². The molecule has 5 nitrogen and oxygen atoms in total. The van der Waals surface area contributed by atoms with Crippen LogP contribution in [0.3, 0.4) is 0 Å². The first-order valence-electron chi connectivity index (χ1n) is 6.00. The van der Waals surface area contributed by atoms with Crippen molar-refractivity contribution < 1.29 is 4.74 Å². The molecule has 1 aliphatic heterocycles. The number of hydrogen-bond donors (Lipinski definition) is 1. The third-order valence-electron chi connectivity index (χ3n) is 3.04. The number of anilines is 1. The van der Waals surface area contributed by atoms with Crippen LogP contribution in [0.2, 0.25) is 0 Å². The van der Waals surface area contributed by atoms with Gasteiger partial charge in [-0.1, -0.05) is 0 Å². The summed E-state index contributed by atoms with van der Waals surface area (Å²) in [6, 6.07) is 6.11. The second-order valence-electron chi connectivity index (χ2n) is 4.18. The van der Waals surface area contributed by atoms with Crippen molar-refractivity contribution in [2.24, 2.45) is 0 Å². The summed E-state index contributed by atoms with van der Waals surface area (Å²) in [6.45, 7) is 0.806. The first-order valence-corrected chi connectivity index (χ1v) is 6.00. The Morgan fingerprint density at radius 2 is 2.28 bits per heavy atom. The van der Waals surface area contributed by atoms with Crippen LogP contribution in [-0.4, -0.2) is 28.8 Å². The first kappa shape index (κ1) is 11.0. The molecule has 0 radical (unpaired) electrons. The van der Waals surface area contributed by atoms with Crippen molar-refractivity contribution in [1.29, 1.82) is 0 Å². The maximum absolute atomic E-state index is 5.60. The van der Waals surface area contributed by atoms with E-state index in [0.717, 1.165) is 42.3 Å². The lowest BCUT2D eigenvalue weighted by Crippen LogP contribution is -2.08. The number of benzene rings is 1. The fourth-order valence-electron chi connectivity index (χ4n) is 2.16. The molecule has 0 saturated heterocycles. The lowest BCUT2D eigenvalue weighted by molar-refractivity contribution is 0.288. The number of ether oxygens (including phenoxy) is 1. The summed E-state index contributed by atoms with van der Waals surface area (Å²) in [5.74, 6) is 1.72. The van der Waals surface area contributed by atoms with Gasteiger partial charge in [0, 0.05) is 12.6 Å². The van der Waals surface area contributed by atoms with Gasteiger partial charge in [0.1, 0.15) is 17.8 Å². The Morgan fingerprint density at radius 3 is 3.17 bits per heavy atom. The average molecular weight is 242 g/mol. The number of aryl methyl sites for hydroxylation is 1. The van der Waals surface area contributed by atoms with Gasteiger partial charge in [0.2, 0.25) is 0 Å². The lowest BCUT2D eigenvalue weighted by Gasteiger charge is -2.17. The van der Waals surface area contributed by atoms with Crippen molar-refractivity contribution in [1.82, 2.24) is 15.2 Å². The van der Waals surface area contributed by atoms with Gasteiger partial charge in [0.05, 0.1) is 6.61 Å². The minimum atomic E-state index is 0.738. The molecule has 0 atom stereocenters. The van der Waals surface area contributed by atoms with E-state index in [-0.39, 0.29) is 0 Å². The van der Waals surface area contributed by atoms with Crippen LogP contribution in [0.1, 0.15) is 12.0 Å². The Labute approximate surface area is 105 Å². The standard InChI is InChI=1S/C13H14N4O/c1-14-13-12(17-16-8-15-13)10-4-5-11-9(7-10)3-2-6-18-11/h4-5,7-8H,2-3,6H2,1H3,(H,14,15,16). The fourth-order valence-corrected chi connectivity index (χ4v) is 2.16. The summed E-state index contributed by atoms with van der Waals surface area (Å²) in [4.78, 5) is 4.17. The second-order valence-corrected chi connectivity index (χ2v) is 4.18. The molecule has 0 saturated carbocycles. The summed E-state index contributed by atoms with van der Waals surface area (Å²) < 4.78 is 5.60. The molecular weight excluding hydrogens is 228 g/mol. The molecule has 0 fully saturated rings. The Kier molecular flexibility index (Phi) is 2.80. The Bertz CT molecular complexity index is 571. The van der Waals surface area contributed by atoms with Crippen LogP contribution < -0.4 is 10.1 Å². The van der Waals surface area contributed by atoms with Crippen molar-refractivity contribution in [3.05, 3.63) is 30.1 Å². The van der Waals surface area contributed by atoms with Crippen molar-refractivity contribution in [3.63, 3.8) is 0 Å². The van der Waals surface area contributed by atoms with Crippen molar-refractivity contribution in [2.45, 2.75) is 12.8 Å². The quantitative estimate of drug-likeness (QED) is 0.871. The van der Waals surface area contributed by atoms with E-state index >= 15 is 0 Å². The van der Waals surface area contributed by atoms with Crippen LogP contribution in [0.5, 0.6) is 5.75 Å². The van der Waals surface area contributed by atoms with Crippen molar-refractivity contribution in [3.8, 4) is 17.0 Å². The highest BCUT2D eigenvalue weighted by molar-refractivity contribution is 5.71. The summed E-state index contributed by atoms with van der Waals surface area (Å²) in [7, 11) is 1.83. The normalized spacial score (nSPS) is 13.6. The zero-order valence-corrected chi connectivity index (χ0v) is 10.2. The van der Waals surface area contributed by atoms with Crippen LogP contribution in [-0.2, 0) is 6.42 Å². The van der Waals surface area contributed by atoms with E-state index in [2.05, 4.69) is 26.6 Å². The highest BCUT2D eigenvalue weighted by Gasteiger charge is 2.13. The molecule has 0 bridgehead atoms. The topological polar surface area (TPSA) is 59.9 Å². The smallest absolute Gasteiger partial charge is 0.156 e. The molecular formula is C13H14N4O. The number of nitrogens with zero attached hydrogens (tertiary/aromatic N) is 3. The van der Waals surface area contributed by atoms with Gasteiger partial charge < -0.3 is 10.1 Å². The molecule has 1 aromatic carbocycles. The van der Waals surface area contributed by atoms with Crippen LogP contribution in [0, 0.1) is 0 Å². The van der Waals surface area contributed by atoms with Gasteiger partial charge in [-0.15, -0.1) is 10.2 Å². The Morgan fingerprint density at radius 1 is 1.33 bits per heavy atom. The van der Waals surface area contributed by atoms with Gasteiger partial charge in [-0.05, 0) is 36.6 Å². The molecule has 1 aromatic heterocycles. The fraction of sp³-hybridized carbons (Fsp3) is 0.308. The van der Waals surface area contributed by atoms with Crippen LogP contribution in [0.4, 0.5) is 5.82 Å². The summed E-state index contributed by atoms with van der Waals surface area (Å²) in [6.07, 6.45) is 3.55. The number of nitrogens with one attached hydrogen (secondary N) is 1. The molecule has 0 unspecified atom stereocenters. The third kappa shape index (κ3) is 1.88. The predicted molar refractivity (Wildman–Crippen MR) is 68.6 cm³/mol. The molecule has 2 heterocycles. The van der Waals surface area contributed by atoms with Gasteiger partial charge in [0.15, 0.2) is 5.82 Å². The molecule has 1 N–H and O–H groups in total. The maximum Gasteiger partial charge on any atom is 0.156 e. The predicted octanol–water partition coefficient (Wildman–Crippen LogP) is 1.91. The third-order valence-corrected chi connectivity index (χ3v) is 3.04. The highest BCUT2D eigenvalue weighted by Crippen LogP contribution is 2.31. The highest BCUT2D eigenvalue weighted by atomic mass is 16.5. The molecule has 5 heteroatoms. The SMILES string of the molecule is CNc1ncnnc1-c1ccc2c(c1)CCCO2. The Hall–Kier alpha value is -2.17. The minimum absolute atomic E-state index is 0.738. The zero-order valence-electron chi connectivity index (χ0n) is 10.2. The molecule has 1 aliphatic rings. The van der Waals surface area contributed by atoms with Crippen LogP contribution in [0.15, 0.2) is 24.5 Å². The van der Waals surface area contributed by atoms with Crippen LogP contribution in [0.25, 0.3) is 11.3 Å². The molecule has 0 aliphatic carbocycles. The number of rotatable bonds is 2. The minimum Gasteiger partial charge on any atom is -0.493 e. The van der Waals surface area contributed by atoms with Crippen LogP contribution >= 0.6 is 0 Å². The monoisotopic (exact) mass is 242 g/mol. The Balaban J connectivity index is 2.06. The largest absolute Gasteiger partial charge is 0.493 e. The van der Waals surface area contributed by atoms with E-state index in [1.807, 2.05) is 19.2 Å². The first-order chi connectivity index (χ1) is 8.88. The average Bonchev–Trinajstić information content (AvgIpc) is 2.46. The van der Waals surface area contributed by atoms with E-state index in [4.69, 9.17) is 4.74 Å². The molecule has 18 heavy (non-hydrogen) atoms. The van der Waals surface area contributed by atoms with Gasteiger partial charge in [-0.25, -0.2) is 4.98 Å². The van der Waals surface area contributed by atoms with Crippen molar-refractivity contribution in [2.75, 3.05) is 19.0 Å². The van der Waals surface area contributed by atoms with E-state index in [1.165, 1.54) is 11.9 Å². The molecule has 2 aromatic rings. The zero-order chi connectivity index (χ0) is 12.4. The van der Waals surface area contributed by atoms with Gasteiger partial charge >= 0.3 is 0 Å². The molecule has 0 amide bonds. The summed E-state index contributed by atoms with van der Waals surface area (Å²) in [5, 5.41) is 11.0. The van der Waals surface area contributed by atoms with Gasteiger partial charge in [-0.2, -0.15) is 0 Å². The summed E-state index contributed by atoms with van der Waals surface area (Å²) in [5.41, 5.74) is 3.02. The molecule has 3 rings (SSSR count). The van der Waals surface area contributed by atoms with E-state index in [9.17, 15) is 0 Å². The van der Waals surface area contributed by atoms with E-state index in [1.54, 1.807) is 0 Å². The van der Waals surface area contributed by atoms with E-state index in [0.29, 0.717) is 0 Å². The molecule has 0 spiro atoms. The number of hydrogen-bond acceptors (Lipinski definition) is 5. The number of aromatic nitrogens is 3. The van der Waals surface area contributed by atoms with Gasteiger partial charge in [-0.3, -0.25) is 0 Å². The number of fused-ring (bicyclic) bond motifs is 1. The maximum atomic E-state index is 5.60. The summed E-state index contributed by atoms with van der Waals surface area (Å²) >= 11 is 0. The second kappa shape index (κ2) is 4.60. The molecule has 92 valence electrons.